The normalized spacial score (nSPS) is 13.7. The van der Waals surface area contributed by atoms with Crippen molar-refractivity contribution >= 4 is 33.0 Å². The average molecular weight is 507 g/mol. The molecule has 5 rings (SSSR count). The minimum Gasteiger partial charge on any atom is -0.304 e. The van der Waals surface area contributed by atoms with Crippen LogP contribution in [-0.4, -0.2) is 35.6 Å². The fourth-order valence-corrected chi connectivity index (χ4v) is 5.98. The number of carbonyl (C=O) groups excluding carboxylic acids is 1. The van der Waals surface area contributed by atoms with Crippen molar-refractivity contribution in [2.75, 3.05) is 11.4 Å². The van der Waals surface area contributed by atoms with E-state index in [9.17, 15) is 13.2 Å². The van der Waals surface area contributed by atoms with Crippen molar-refractivity contribution in [1.82, 2.24) is 14.8 Å². The molecule has 2 heterocycles. The molecule has 178 valence electrons. The van der Waals surface area contributed by atoms with Crippen molar-refractivity contribution in [3.63, 3.8) is 0 Å². The van der Waals surface area contributed by atoms with Gasteiger partial charge in [-0.25, -0.2) is 8.42 Å². The summed E-state index contributed by atoms with van der Waals surface area (Å²) in [6.45, 7) is 4.57. The minimum absolute atomic E-state index is 0.0294. The van der Waals surface area contributed by atoms with Gasteiger partial charge in [0.1, 0.15) is 0 Å². The maximum absolute atomic E-state index is 13.5. The number of hydrogen-bond donors (Lipinski definition) is 0. The summed E-state index contributed by atoms with van der Waals surface area (Å²) in [7, 11) is -3.88. The smallest absolute Gasteiger partial charge is 0.296 e. The molecular formula is C26H23ClN4O3S. The third-order valence-electron chi connectivity index (χ3n) is 6.36. The van der Waals surface area contributed by atoms with Crippen LogP contribution in [0.4, 0.5) is 5.69 Å². The van der Waals surface area contributed by atoms with Crippen LogP contribution in [0.25, 0.3) is 11.1 Å². The second-order valence-electron chi connectivity index (χ2n) is 8.56. The van der Waals surface area contributed by atoms with Gasteiger partial charge in [0.2, 0.25) is 15.7 Å². The van der Waals surface area contributed by atoms with Crippen molar-refractivity contribution in [3.8, 4) is 11.1 Å². The summed E-state index contributed by atoms with van der Waals surface area (Å²) in [6.07, 6.45) is 0. The number of aryl methyl sites for hydroxylation is 1. The molecule has 7 nitrogen and oxygen atoms in total. The van der Waals surface area contributed by atoms with Crippen LogP contribution in [0.3, 0.4) is 0 Å². The lowest BCUT2D eigenvalue weighted by Crippen LogP contribution is -2.41. The summed E-state index contributed by atoms with van der Waals surface area (Å²) in [5, 5.41) is 8.37. The first-order valence-corrected chi connectivity index (χ1v) is 13.2. The summed E-state index contributed by atoms with van der Waals surface area (Å²) < 4.78 is 28.3. The monoisotopic (exact) mass is 506 g/mol. The summed E-state index contributed by atoms with van der Waals surface area (Å²) in [4.78, 5) is 14.9. The highest BCUT2D eigenvalue weighted by Gasteiger charge is 2.34. The Balaban J connectivity index is 1.47. The van der Waals surface area contributed by atoms with E-state index in [1.807, 2.05) is 56.3 Å². The molecule has 0 spiro atoms. The zero-order chi connectivity index (χ0) is 24.7. The number of sulfone groups is 1. The first-order valence-electron chi connectivity index (χ1n) is 11.1. The number of anilines is 1. The van der Waals surface area contributed by atoms with Crippen molar-refractivity contribution in [1.29, 1.82) is 0 Å². The first-order chi connectivity index (χ1) is 16.8. The molecule has 0 fully saturated rings. The van der Waals surface area contributed by atoms with E-state index in [1.165, 1.54) is 4.57 Å². The maximum Gasteiger partial charge on any atom is 0.296 e. The van der Waals surface area contributed by atoms with E-state index in [1.54, 1.807) is 29.2 Å². The van der Waals surface area contributed by atoms with E-state index in [4.69, 9.17) is 11.6 Å². The molecule has 0 saturated carbocycles. The van der Waals surface area contributed by atoms with E-state index in [2.05, 4.69) is 10.2 Å². The lowest BCUT2D eigenvalue weighted by Gasteiger charge is -2.29. The van der Waals surface area contributed by atoms with Crippen LogP contribution < -0.4 is 4.90 Å². The van der Waals surface area contributed by atoms with Gasteiger partial charge in [-0.2, -0.15) is 0 Å². The molecule has 1 aromatic heterocycles. The lowest BCUT2D eigenvalue weighted by atomic mass is 10.0. The Morgan fingerprint density at radius 2 is 1.66 bits per heavy atom. The van der Waals surface area contributed by atoms with Gasteiger partial charge in [0.15, 0.2) is 0 Å². The number of rotatable bonds is 5. The summed E-state index contributed by atoms with van der Waals surface area (Å²) >= 11 is 6.01. The molecule has 1 aliphatic rings. The predicted molar refractivity (Wildman–Crippen MR) is 135 cm³/mol. The second kappa shape index (κ2) is 8.94. The van der Waals surface area contributed by atoms with Crippen LogP contribution in [0.5, 0.6) is 0 Å². The van der Waals surface area contributed by atoms with Gasteiger partial charge in [-0.05, 0) is 59.9 Å². The second-order valence-corrected chi connectivity index (χ2v) is 10.9. The molecule has 0 saturated heterocycles. The molecule has 0 aliphatic carbocycles. The SMILES string of the molecule is Cc1cccc(N2CCn3c(nnc3S(=O)(=O)Cc3ccccc3-c3ccc(Cl)cc3)C2=O)c1C. The van der Waals surface area contributed by atoms with Crippen LogP contribution in [0.15, 0.2) is 71.9 Å². The highest BCUT2D eigenvalue weighted by molar-refractivity contribution is 7.90. The van der Waals surface area contributed by atoms with Gasteiger partial charge in [0.25, 0.3) is 11.1 Å². The average Bonchev–Trinajstić information content (AvgIpc) is 3.29. The van der Waals surface area contributed by atoms with Gasteiger partial charge in [0, 0.05) is 23.8 Å². The Kier molecular flexibility index (Phi) is 5.94. The molecule has 35 heavy (non-hydrogen) atoms. The Morgan fingerprint density at radius 1 is 0.914 bits per heavy atom. The van der Waals surface area contributed by atoms with Crippen molar-refractivity contribution in [2.45, 2.75) is 31.3 Å². The number of carbonyl (C=O) groups is 1. The molecule has 1 aliphatic heterocycles. The zero-order valence-corrected chi connectivity index (χ0v) is 20.8. The predicted octanol–water partition coefficient (Wildman–Crippen LogP) is 4.85. The lowest BCUT2D eigenvalue weighted by molar-refractivity contribution is 0.0957. The van der Waals surface area contributed by atoms with E-state index in [0.29, 0.717) is 17.1 Å². The molecule has 0 bridgehead atoms. The zero-order valence-electron chi connectivity index (χ0n) is 19.3. The number of aromatic nitrogens is 3. The standard InChI is InChI=1S/C26H23ClN4O3S/c1-17-6-5-9-23(18(17)2)30-14-15-31-24(25(30)32)28-29-26(31)35(33,34)16-20-7-3-4-8-22(20)19-10-12-21(27)13-11-19/h3-13H,14-16H2,1-2H3. The van der Waals surface area contributed by atoms with Crippen molar-refractivity contribution < 1.29 is 13.2 Å². The Bertz CT molecular complexity index is 1550. The Labute approximate surface area is 208 Å². The number of fused-ring (bicyclic) bond motifs is 1. The van der Waals surface area contributed by atoms with Gasteiger partial charge < -0.3 is 4.90 Å². The molecule has 9 heteroatoms. The number of nitrogens with zero attached hydrogens (tertiary/aromatic N) is 4. The van der Waals surface area contributed by atoms with Crippen LogP contribution in [-0.2, 0) is 22.1 Å². The fourth-order valence-electron chi connectivity index (χ4n) is 4.39. The number of benzene rings is 3. The topological polar surface area (TPSA) is 85.2 Å². The highest BCUT2D eigenvalue weighted by atomic mass is 35.5. The van der Waals surface area contributed by atoms with E-state index >= 15 is 0 Å². The maximum atomic E-state index is 13.5. The largest absolute Gasteiger partial charge is 0.304 e. The van der Waals surface area contributed by atoms with Crippen molar-refractivity contribution in [2.24, 2.45) is 0 Å². The van der Waals surface area contributed by atoms with E-state index in [0.717, 1.165) is 27.9 Å². The van der Waals surface area contributed by atoms with Crippen LogP contribution in [0.2, 0.25) is 5.02 Å². The Morgan fingerprint density at radius 3 is 2.43 bits per heavy atom. The van der Waals surface area contributed by atoms with Crippen LogP contribution in [0.1, 0.15) is 27.3 Å². The summed E-state index contributed by atoms with van der Waals surface area (Å²) in [5.41, 5.74) is 5.16. The van der Waals surface area contributed by atoms with E-state index < -0.39 is 9.84 Å². The molecule has 3 aromatic carbocycles. The molecule has 0 radical (unpaired) electrons. The third kappa shape index (κ3) is 4.24. The van der Waals surface area contributed by atoms with Gasteiger partial charge >= 0.3 is 0 Å². The molecule has 0 N–H and O–H groups in total. The van der Waals surface area contributed by atoms with Crippen molar-refractivity contribution in [3.05, 3.63) is 94.3 Å². The van der Waals surface area contributed by atoms with Crippen LogP contribution >= 0.6 is 11.6 Å². The fraction of sp³-hybridized carbons (Fsp3) is 0.192. The molecule has 1 amide bonds. The minimum atomic E-state index is -3.88. The molecular weight excluding hydrogens is 484 g/mol. The molecule has 0 unspecified atom stereocenters. The Hall–Kier alpha value is -3.49. The summed E-state index contributed by atoms with van der Waals surface area (Å²) in [5.74, 6) is -0.596. The quantitative estimate of drug-likeness (QED) is 0.386. The molecule has 0 atom stereocenters. The van der Waals surface area contributed by atoms with Crippen LogP contribution in [0, 0.1) is 13.8 Å². The first kappa shape index (κ1) is 23.3. The third-order valence-corrected chi connectivity index (χ3v) is 8.17. The van der Waals surface area contributed by atoms with Gasteiger partial charge in [0.05, 0.1) is 5.75 Å². The summed E-state index contributed by atoms with van der Waals surface area (Å²) in [6, 6.07) is 20.3. The van der Waals surface area contributed by atoms with Gasteiger partial charge in [-0.3, -0.25) is 9.36 Å². The number of hydrogen-bond acceptors (Lipinski definition) is 5. The molecule has 4 aromatic rings. The van der Waals surface area contributed by atoms with Gasteiger partial charge in [-0.15, -0.1) is 10.2 Å². The highest BCUT2D eigenvalue weighted by Crippen LogP contribution is 2.30. The van der Waals surface area contributed by atoms with Gasteiger partial charge in [-0.1, -0.05) is 60.1 Å². The number of amides is 1. The number of halogens is 1. The van der Waals surface area contributed by atoms with E-state index in [-0.39, 0.29) is 29.2 Å².